The molecule has 0 saturated carbocycles. The molecule has 0 spiro atoms. The van der Waals surface area contributed by atoms with Crippen LogP contribution in [-0.4, -0.2) is 50.3 Å². The van der Waals surface area contributed by atoms with Crippen LogP contribution in [0.5, 0.6) is 23.0 Å². The zero-order valence-corrected chi connectivity index (χ0v) is 18.3. The maximum atomic E-state index is 11.6. The highest BCUT2D eigenvalue weighted by atomic mass is 32.1. The van der Waals surface area contributed by atoms with E-state index in [1.165, 1.54) is 30.6 Å². The lowest BCUT2D eigenvalue weighted by atomic mass is 10.1. The summed E-state index contributed by atoms with van der Waals surface area (Å²) in [6, 6.07) is 8.15. The van der Waals surface area contributed by atoms with E-state index >= 15 is 0 Å². The number of methoxy groups -OCH3 is 3. The highest BCUT2D eigenvalue weighted by Gasteiger charge is 2.14. The summed E-state index contributed by atoms with van der Waals surface area (Å²) >= 11 is 1.38. The number of nitrogens with zero attached hydrogens (tertiary/aromatic N) is 3. The maximum absolute atomic E-state index is 11.6. The van der Waals surface area contributed by atoms with Gasteiger partial charge in [0.25, 0.3) is 5.91 Å². The monoisotopic (exact) mass is 442 g/mol. The van der Waals surface area contributed by atoms with Crippen molar-refractivity contribution in [1.29, 1.82) is 0 Å². The fraction of sp³-hybridized carbons (Fsp3) is 0.190. The molecule has 0 saturated heterocycles. The Morgan fingerprint density at radius 1 is 1.13 bits per heavy atom. The second kappa shape index (κ2) is 9.35. The molecular formula is C21H22N4O5S. The number of primary amides is 1. The molecule has 3 rings (SSSR count). The predicted octanol–water partition coefficient (Wildman–Crippen LogP) is 2.46. The normalized spacial score (nSPS) is 11.7. The van der Waals surface area contributed by atoms with Crippen LogP contribution in [0.4, 0.5) is 0 Å². The van der Waals surface area contributed by atoms with Gasteiger partial charge in [-0.25, -0.2) is 4.68 Å². The Balaban J connectivity index is 2.10. The molecule has 162 valence electrons. The van der Waals surface area contributed by atoms with Gasteiger partial charge in [0.2, 0.25) is 10.6 Å². The summed E-state index contributed by atoms with van der Waals surface area (Å²) in [7, 11) is 6.28. The van der Waals surface area contributed by atoms with Gasteiger partial charge in [-0.05, 0) is 30.3 Å². The van der Waals surface area contributed by atoms with Crippen LogP contribution in [0, 0.1) is 0 Å². The lowest BCUT2D eigenvalue weighted by molar-refractivity contribution is 0.0998. The predicted molar refractivity (Wildman–Crippen MR) is 119 cm³/mol. The molecule has 1 aromatic heterocycles. The largest absolute Gasteiger partial charge is 0.507 e. The highest BCUT2D eigenvalue weighted by molar-refractivity contribution is 7.07. The first-order chi connectivity index (χ1) is 14.9. The lowest BCUT2D eigenvalue weighted by Crippen LogP contribution is -2.13. The van der Waals surface area contributed by atoms with Gasteiger partial charge in [0.15, 0.2) is 11.5 Å². The number of ether oxygens (including phenoxy) is 3. The molecule has 0 unspecified atom stereocenters. The van der Waals surface area contributed by atoms with Gasteiger partial charge >= 0.3 is 0 Å². The molecule has 0 fully saturated rings. The van der Waals surface area contributed by atoms with Gasteiger partial charge in [-0.3, -0.25) is 9.79 Å². The fourth-order valence-electron chi connectivity index (χ4n) is 2.95. The first kappa shape index (κ1) is 21.9. The van der Waals surface area contributed by atoms with Crippen LogP contribution in [0.15, 0.2) is 45.8 Å². The van der Waals surface area contributed by atoms with E-state index in [4.69, 9.17) is 19.9 Å². The van der Waals surface area contributed by atoms with Crippen LogP contribution >= 0.6 is 11.3 Å². The molecule has 0 atom stereocenters. The number of nitrogens with two attached hydrogens (primary N) is 1. The van der Waals surface area contributed by atoms with Gasteiger partial charge in [-0.2, -0.15) is 5.10 Å². The third kappa shape index (κ3) is 4.38. The second-order valence-corrected chi connectivity index (χ2v) is 7.07. The van der Waals surface area contributed by atoms with Crippen molar-refractivity contribution in [2.45, 2.75) is 0 Å². The highest BCUT2D eigenvalue weighted by Crippen LogP contribution is 2.37. The van der Waals surface area contributed by atoms with Crippen LogP contribution in [0.1, 0.15) is 15.9 Å². The first-order valence-electron chi connectivity index (χ1n) is 9.04. The number of carbonyl (C=O) groups excluding carboxylic acids is 1. The number of benzene rings is 2. The van der Waals surface area contributed by atoms with Gasteiger partial charge in [-0.15, -0.1) is 11.3 Å². The molecule has 0 bridgehead atoms. The Bertz CT molecular complexity index is 1190. The van der Waals surface area contributed by atoms with Crippen LogP contribution in [0.2, 0.25) is 0 Å². The van der Waals surface area contributed by atoms with Crippen molar-refractivity contribution in [3.8, 4) is 34.3 Å². The first-order valence-corrected chi connectivity index (χ1v) is 9.92. The number of aromatic nitrogens is 1. The van der Waals surface area contributed by atoms with E-state index in [2.05, 4.69) is 10.1 Å². The van der Waals surface area contributed by atoms with Crippen molar-refractivity contribution in [3.05, 3.63) is 51.6 Å². The van der Waals surface area contributed by atoms with Crippen molar-refractivity contribution < 1.29 is 24.1 Å². The summed E-state index contributed by atoms with van der Waals surface area (Å²) in [6.45, 7) is 0. The van der Waals surface area contributed by atoms with Gasteiger partial charge in [-0.1, -0.05) is 0 Å². The van der Waals surface area contributed by atoms with E-state index < -0.39 is 5.91 Å². The SMILES string of the molecule is CN=c1scc(-c2ccc(O)c(C(N)=O)c2)n1/N=C/c1cc(OC)c(OC)c(OC)c1. The smallest absolute Gasteiger partial charge is 0.252 e. The Labute approximate surface area is 182 Å². The van der Waals surface area contributed by atoms with Crippen LogP contribution in [0.3, 0.4) is 0 Å². The minimum absolute atomic E-state index is 0.0267. The molecule has 1 heterocycles. The molecule has 3 aromatic rings. The Morgan fingerprint density at radius 3 is 2.35 bits per heavy atom. The number of hydrogen-bond donors (Lipinski definition) is 2. The molecule has 0 aliphatic rings. The summed E-state index contributed by atoms with van der Waals surface area (Å²) in [6.07, 6.45) is 1.63. The molecule has 0 aliphatic carbocycles. The summed E-state index contributed by atoms with van der Waals surface area (Å²) in [4.78, 5) is 16.5. The van der Waals surface area contributed by atoms with Gasteiger partial charge in [0.05, 0.1) is 38.8 Å². The number of hydrogen-bond acceptors (Lipinski definition) is 8. The molecular weight excluding hydrogens is 420 g/mol. The van der Waals surface area contributed by atoms with E-state index in [0.29, 0.717) is 38.9 Å². The Hall–Kier alpha value is -3.79. The van der Waals surface area contributed by atoms with Crippen molar-refractivity contribution in [2.75, 3.05) is 28.4 Å². The topological polar surface area (TPSA) is 121 Å². The van der Waals surface area contributed by atoms with Crippen molar-refractivity contribution >= 4 is 23.5 Å². The van der Waals surface area contributed by atoms with Crippen molar-refractivity contribution in [1.82, 2.24) is 4.68 Å². The molecule has 10 heteroatoms. The van der Waals surface area contributed by atoms with Gasteiger partial charge in [0, 0.05) is 23.6 Å². The van der Waals surface area contributed by atoms with E-state index in [0.717, 1.165) is 0 Å². The number of aromatic hydroxyl groups is 1. The molecule has 3 N–H and O–H groups in total. The molecule has 31 heavy (non-hydrogen) atoms. The molecule has 0 radical (unpaired) electrons. The van der Waals surface area contributed by atoms with Crippen molar-refractivity contribution in [2.24, 2.45) is 15.8 Å². The van der Waals surface area contributed by atoms with E-state index in [1.807, 2.05) is 5.38 Å². The lowest BCUT2D eigenvalue weighted by Gasteiger charge is -2.12. The minimum Gasteiger partial charge on any atom is -0.507 e. The molecule has 9 nitrogen and oxygen atoms in total. The van der Waals surface area contributed by atoms with Crippen LogP contribution in [0.25, 0.3) is 11.3 Å². The van der Waals surface area contributed by atoms with Gasteiger partial charge in [0.1, 0.15) is 5.75 Å². The number of phenols is 1. The molecule has 0 aliphatic heterocycles. The molecule has 1 amide bonds. The number of thiazole rings is 1. The second-order valence-electron chi connectivity index (χ2n) is 6.24. The van der Waals surface area contributed by atoms with E-state index in [9.17, 15) is 9.90 Å². The minimum atomic E-state index is -0.720. The average Bonchev–Trinajstić information content (AvgIpc) is 3.19. The maximum Gasteiger partial charge on any atom is 0.252 e. The summed E-state index contributed by atoms with van der Waals surface area (Å²) in [5.41, 5.74) is 7.43. The summed E-state index contributed by atoms with van der Waals surface area (Å²) in [5.74, 6) is 0.591. The standard InChI is InChI=1S/C21H22N4O5S/c1-23-21-25(15(11-31-21)13-5-6-16(26)14(9-13)20(22)27)24-10-12-7-17(28-2)19(30-4)18(8-12)29-3/h5-11,26H,1-4H3,(H2,22,27)/b23-21?,24-10+. The zero-order chi connectivity index (χ0) is 22.5. The quantitative estimate of drug-likeness (QED) is 0.545. The summed E-state index contributed by atoms with van der Waals surface area (Å²) < 4.78 is 17.7. The van der Waals surface area contributed by atoms with Gasteiger partial charge < -0.3 is 25.1 Å². The number of rotatable bonds is 7. The van der Waals surface area contributed by atoms with Crippen LogP contribution in [-0.2, 0) is 0 Å². The molecule has 2 aromatic carbocycles. The van der Waals surface area contributed by atoms with E-state index in [1.54, 1.807) is 50.4 Å². The fourth-order valence-corrected chi connectivity index (χ4v) is 3.76. The Kier molecular flexibility index (Phi) is 6.61. The number of amides is 1. The van der Waals surface area contributed by atoms with Crippen LogP contribution < -0.4 is 24.7 Å². The third-order valence-corrected chi connectivity index (χ3v) is 5.35. The Morgan fingerprint density at radius 2 is 1.81 bits per heavy atom. The van der Waals surface area contributed by atoms with E-state index in [-0.39, 0.29) is 11.3 Å². The zero-order valence-electron chi connectivity index (χ0n) is 17.4. The van der Waals surface area contributed by atoms with Crippen molar-refractivity contribution in [3.63, 3.8) is 0 Å². The summed E-state index contributed by atoms with van der Waals surface area (Å²) in [5, 5.41) is 16.3. The average molecular weight is 442 g/mol. The third-order valence-electron chi connectivity index (χ3n) is 4.44. The number of carbonyl (C=O) groups is 1.